The Morgan fingerprint density at radius 2 is 2.00 bits per heavy atom. The topological polar surface area (TPSA) is 116 Å². The number of carboxylic acid groups (broad SMARTS) is 1. The number of hydrogen-bond acceptors (Lipinski definition) is 5. The van der Waals surface area contributed by atoms with Gasteiger partial charge in [-0.15, -0.1) is 0 Å². The van der Waals surface area contributed by atoms with Crippen LogP contribution in [0.5, 0.6) is 5.75 Å². The normalized spacial score (nSPS) is 10.3. The molecular weight excluding hydrogens is 266 g/mol. The van der Waals surface area contributed by atoms with E-state index < -0.39 is 12.3 Å². The van der Waals surface area contributed by atoms with Crippen molar-refractivity contribution in [2.24, 2.45) is 0 Å². The third kappa shape index (κ3) is 6.17. The van der Waals surface area contributed by atoms with Crippen molar-refractivity contribution in [3.8, 4) is 5.75 Å². The molecule has 0 unspecified atom stereocenters. The van der Waals surface area contributed by atoms with Gasteiger partial charge < -0.3 is 25.4 Å². The Kier molecular flexibility index (Phi) is 6.48. The Morgan fingerprint density at radius 1 is 1.25 bits per heavy atom. The zero-order chi connectivity index (χ0) is 15.0. The van der Waals surface area contributed by atoms with Crippen molar-refractivity contribution in [3.63, 3.8) is 0 Å². The molecule has 0 fully saturated rings. The van der Waals surface area contributed by atoms with E-state index in [1.807, 2.05) is 0 Å². The van der Waals surface area contributed by atoms with Crippen LogP contribution in [0.4, 0.5) is 0 Å². The highest BCUT2D eigenvalue weighted by molar-refractivity contribution is 5.80. The molecule has 1 aromatic carbocycles. The molecule has 0 spiro atoms. The van der Waals surface area contributed by atoms with E-state index in [0.717, 1.165) is 0 Å². The maximum absolute atomic E-state index is 11.2. The Bertz CT molecular complexity index is 460. The molecule has 7 heteroatoms. The highest BCUT2D eigenvalue weighted by atomic mass is 16.5. The van der Waals surface area contributed by atoms with Crippen molar-refractivity contribution in [1.29, 1.82) is 0 Å². The fraction of sp³-hybridized carbons (Fsp3) is 0.385. The monoisotopic (exact) mass is 283 g/mol. The lowest BCUT2D eigenvalue weighted by atomic mass is 10.2. The third-order valence-electron chi connectivity index (χ3n) is 2.42. The second kappa shape index (κ2) is 8.13. The zero-order valence-corrected chi connectivity index (χ0v) is 10.8. The van der Waals surface area contributed by atoms with Crippen molar-refractivity contribution in [2.45, 2.75) is 19.1 Å². The first-order valence-corrected chi connectivity index (χ1v) is 6.06. The molecule has 0 aromatic heterocycles. The number of carboxylic acids is 1. The molecule has 1 rings (SSSR count). The van der Waals surface area contributed by atoms with E-state index in [4.69, 9.17) is 20.1 Å². The van der Waals surface area contributed by atoms with Crippen LogP contribution in [-0.4, -0.2) is 40.3 Å². The van der Waals surface area contributed by atoms with Crippen LogP contribution in [0.2, 0.25) is 0 Å². The Morgan fingerprint density at radius 3 is 2.65 bits per heavy atom. The summed E-state index contributed by atoms with van der Waals surface area (Å²) in [5, 5.41) is 28.9. The molecule has 0 heterocycles. The zero-order valence-electron chi connectivity index (χ0n) is 10.8. The molecule has 0 radical (unpaired) electrons. The van der Waals surface area contributed by atoms with Gasteiger partial charge in [0.25, 0.3) is 0 Å². The lowest BCUT2D eigenvalue weighted by molar-refractivity contribution is -0.138. The van der Waals surface area contributed by atoms with Crippen molar-refractivity contribution >= 4 is 11.9 Å². The van der Waals surface area contributed by atoms with Gasteiger partial charge in [-0.2, -0.15) is 0 Å². The number of aliphatic carboxylic acids is 1. The minimum atomic E-state index is -1.56. The smallest absolute Gasteiger partial charge is 0.303 e. The maximum Gasteiger partial charge on any atom is 0.303 e. The molecule has 7 nitrogen and oxygen atoms in total. The number of nitrogens with one attached hydrogen (secondary N) is 1. The second-order valence-electron chi connectivity index (χ2n) is 4.04. The molecular formula is C13H17NO6. The van der Waals surface area contributed by atoms with Gasteiger partial charge in [0.05, 0.1) is 13.0 Å². The largest absolute Gasteiger partial charge is 0.492 e. The molecule has 0 bridgehead atoms. The molecule has 1 aromatic rings. The quantitative estimate of drug-likeness (QED) is 0.395. The van der Waals surface area contributed by atoms with Gasteiger partial charge in [-0.05, 0) is 12.1 Å². The van der Waals surface area contributed by atoms with Gasteiger partial charge in [0.2, 0.25) is 5.91 Å². The Balaban J connectivity index is 2.25. The number of aliphatic hydroxyl groups is 2. The first-order valence-electron chi connectivity index (χ1n) is 6.06. The number of ether oxygens (including phenoxy) is 1. The summed E-state index contributed by atoms with van der Waals surface area (Å²) in [5.74, 6) is -0.915. The predicted octanol–water partition coefficient (Wildman–Crippen LogP) is 0.0296. The number of benzene rings is 1. The summed E-state index contributed by atoms with van der Waals surface area (Å²) >= 11 is 0. The summed E-state index contributed by atoms with van der Waals surface area (Å²) < 4.78 is 5.32. The molecule has 0 aliphatic rings. The van der Waals surface area contributed by atoms with Crippen LogP contribution < -0.4 is 10.1 Å². The Hall–Kier alpha value is -2.12. The summed E-state index contributed by atoms with van der Waals surface area (Å²) in [6, 6.07) is 6.30. The van der Waals surface area contributed by atoms with Crippen molar-refractivity contribution in [2.75, 3.05) is 13.2 Å². The summed E-state index contributed by atoms with van der Waals surface area (Å²) in [5.41, 5.74) is 0.313. The van der Waals surface area contributed by atoms with E-state index in [-0.39, 0.29) is 31.9 Å². The number of carbonyl (C=O) groups excluding carboxylic acids is 1. The SMILES string of the molecule is O=C(O)CCC(=O)NCCOc1cccc(C(O)O)c1. The molecule has 20 heavy (non-hydrogen) atoms. The molecule has 0 saturated carbocycles. The van der Waals surface area contributed by atoms with Gasteiger partial charge in [0.15, 0.2) is 6.29 Å². The maximum atomic E-state index is 11.2. The van der Waals surface area contributed by atoms with Crippen LogP contribution in [-0.2, 0) is 9.59 Å². The third-order valence-corrected chi connectivity index (χ3v) is 2.42. The van der Waals surface area contributed by atoms with Gasteiger partial charge in [-0.25, -0.2) is 0 Å². The lowest BCUT2D eigenvalue weighted by Gasteiger charge is -2.09. The Labute approximate surface area is 115 Å². The molecule has 110 valence electrons. The molecule has 4 N–H and O–H groups in total. The van der Waals surface area contributed by atoms with Gasteiger partial charge in [-0.1, -0.05) is 12.1 Å². The first-order chi connectivity index (χ1) is 9.49. The number of aliphatic hydroxyl groups excluding tert-OH is 1. The van der Waals surface area contributed by atoms with Crippen molar-refractivity contribution < 1.29 is 29.6 Å². The second-order valence-corrected chi connectivity index (χ2v) is 4.04. The molecule has 0 saturated heterocycles. The molecule has 0 aliphatic heterocycles. The lowest BCUT2D eigenvalue weighted by Crippen LogP contribution is -2.28. The summed E-state index contributed by atoms with van der Waals surface area (Å²) in [4.78, 5) is 21.5. The van der Waals surface area contributed by atoms with Crippen LogP contribution in [0, 0.1) is 0 Å². The van der Waals surface area contributed by atoms with E-state index in [1.54, 1.807) is 18.2 Å². The average Bonchev–Trinajstić information content (AvgIpc) is 2.41. The molecule has 1 amide bonds. The number of amides is 1. The van der Waals surface area contributed by atoms with E-state index in [1.165, 1.54) is 6.07 Å². The van der Waals surface area contributed by atoms with E-state index >= 15 is 0 Å². The predicted molar refractivity (Wildman–Crippen MR) is 69.0 cm³/mol. The van der Waals surface area contributed by atoms with Crippen molar-refractivity contribution in [1.82, 2.24) is 5.32 Å². The summed E-state index contributed by atoms with van der Waals surface area (Å²) in [6.07, 6.45) is -1.83. The fourth-order valence-corrected chi connectivity index (χ4v) is 1.43. The van der Waals surface area contributed by atoms with Crippen LogP contribution in [0.3, 0.4) is 0 Å². The van der Waals surface area contributed by atoms with E-state index in [9.17, 15) is 9.59 Å². The minimum Gasteiger partial charge on any atom is -0.492 e. The van der Waals surface area contributed by atoms with Gasteiger partial charge in [0, 0.05) is 12.0 Å². The van der Waals surface area contributed by atoms with Gasteiger partial charge in [0.1, 0.15) is 12.4 Å². The van der Waals surface area contributed by atoms with E-state index in [2.05, 4.69) is 5.32 Å². The summed E-state index contributed by atoms with van der Waals surface area (Å²) in [6.45, 7) is 0.439. The van der Waals surface area contributed by atoms with Crippen molar-refractivity contribution in [3.05, 3.63) is 29.8 Å². The van der Waals surface area contributed by atoms with Crippen LogP contribution in [0.15, 0.2) is 24.3 Å². The fourth-order valence-electron chi connectivity index (χ4n) is 1.43. The molecule has 0 aliphatic carbocycles. The first kappa shape index (κ1) is 15.9. The highest BCUT2D eigenvalue weighted by Gasteiger charge is 2.05. The number of carbonyl (C=O) groups is 2. The van der Waals surface area contributed by atoms with Crippen LogP contribution >= 0.6 is 0 Å². The average molecular weight is 283 g/mol. The van der Waals surface area contributed by atoms with Gasteiger partial charge >= 0.3 is 5.97 Å². The molecule has 0 atom stereocenters. The van der Waals surface area contributed by atoms with Crippen LogP contribution in [0.25, 0.3) is 0 Å². The van der Waals surface area contributed by atoms with E-state index in [0.29, 0.717) is 11.3 Å². The van der Waals surface area contributed by atoms with Crippen LogP contribution in [0.1, 0.15) is 24.7 Å². The van der Waals surface area contributed by atoms with Gasteiger partial charge in [-0.3, -0.25) is 9.59 Å². The number of rotatable bonds is 8. The number of hydrogen-bond donors (Lipinski definition) is 4. The minimum absolute atomic E-state index is 0.0679. The highest BCUT2D eigenvalue weighted by Crippen LogP contribution is 2.17. The standard InChI is InChI=1S/C13H17NO6/c15-11(4-5-12(16)17)14-6-7-20-10-3-1-2-9(8-10)13(18)19/h1-3,8,13,18-19H,4-7H2,(H,14,15)(H,16,17). The summed E-state index contributed by atoms with van der Waals surface area (Å²) in [7, 11) is 0.